The van der Waals surface area contributed by atoms with Crippen LogP contribution in [-0.4, -0.2) is 10.8 Å². The first-order valence-corrected chi connectivity index (χ1v) is 7.01. The minimum Gasteiger partial charge on any atom is -0.360 e. The molecule has 1 heterocycles. The molecule has 100 valence electrons. The van der Waals surface area contributed by atoms with E-state index < -0.39 is 11.6 Å². The summed E-state index contributed by atoms with van der Waals surface area (Å²) in [5.74, 6) is -1.06. The van der Waals surface area contributed by atoms with Crippen LogP contribution in [0.15, 0.2) is 47.1 Å². The zero-order valence-corrected chi connectivity index (χ0v) is 12.4. The summed E-state index contributed by atoms with van der Waals surface area (Å²) in [7, 11) is 0. The molecule has 0 aliphatic rings. The van der Waals surface area contributed by atoms with Crippen molar-refractivity contribution < 1.29 is 9.18 Å². The number of hydrogen-bond donors (Lipinski definition) is 1. The summed E-state index contributed by atoms with van der Waals surface area (Å²) in [6.07, 6.45) is 1.57. The molecule has 2 aromatic carbocycles. The van der Waals surface area contributed by atoms with Crippen LogP contribution in [0.4, 0.5) is 4.39 Å². The summed E-state index contributed by atoms with van der Waals surface area (Å²) >= 11 is 9.36. The molecule has 0 fully saturated rings. The van der Waals surface area contributed by atoms with E-state index in [9.17, 15) is 9.18 Å². The van der Waals surface area contributed by atoms with Crippen molar-refractivity contribution in [1.82, 2.24) is 4.98 Å². The molecule has 1 N–H and O–H groups in total. The number of carbonyl (C=O) groups excluding carboxylic acids is 1. The first kappa shape index (κ1) is 13.3. The fourth-order valence-electron chi connectivity index (χ4n) is 2.17. The second-order valence-corrected chi connectivity index (χ2v) is 5.55. The van der Waals surface area contributed by atoms with E-state index in [1.807, 2.05) is 18.2 Å². The SMILES string of the molecule is O=C(c1c(F)cccc1Cl)c1c[nH]c2cccc(Br)c12. The third-order valence-electron chi connectivity index (χ3n) is 3.09. The maximum atomic E-state index is 13.9. The normalized spacial score (nSPS) is 10.9. The van der Waals surface area contributed by atoms with Crippen molar-refractivity contribution in [3.05, 3.63) is 69.0 Å². The number of rotatable bonds is 2. The Morgan fingerprint density at radius 2 is 1.95 bits per heavy atom. The highest BCUT2D eigenvalue weighted by molar-refractivity contribution is 9.10. The molecular weight excluding hydrogens is 345 g/mol. The predicted octanol–water partition coefficient (Wildman–Crippen LogP) is 4.95. The maximum Gasteiger partial charge on any atom is 0.199 e. The van der Waals surface area contributed by atoms with Gasteiger partial charge in [0.1, 0.15) is 5.82 Å². The molecule has 0 aliphatic carbocycles. The molecule has 0 bridgehead atoms. The molecule has 0 aliphatic heterocycles. The Balaban J connectivity index is 2.24. The van der Waals surface area contributed by atoms with Crippen molar-refractivity contribution in [1.29, 1.82) is 0 Å². The topological polar surface area (TPSA) is 32.9 Å². The summed E-state index contributed by atoms with van der Waals surface area (Å²) in [4.78, 5) is 15.6. The number of aromatic amines is 1. The molecule has 5 heteroatoms. The number of H-pyrrole nitrogens is 1. The Kier molecular flexibility index (Phi) is 3.36. The summed E-state index contributed by atoms with van der Waals surface area (Å²) in [6.45, 7) is 0. The molecule has 1 aromatic heterocycles. The summed E-state index contributed by atoms with van der Waals surface area (Å²) < 4.78 is 14.6. The highest BCUT2D eigenvalue weighted by Crippen LogP contribution is 2.30. The van der Waals surface area contributed by atoms with Crippen molar-refractivity contribution in [2.24, 2.45) is 0 Å². The standard InChI is InChI=1S/C15H8BrClFNO/c16-9-3-1-6-12-13(9)8(7-19-12)15(20)14-10(17)4-2-5-11(14)18/h1-7,19H. The highest BCUT2D eigenvalue weighted by atomic mass is 79.9. The number of aromatic nitrogens is 1. The van der Waals surface area contributed by atoms with E-state index in [-0.39, 0.29) is 10.6 Å². The lowest BCUT2D eigenvalue weighted by atomic mass is 10.0. The van der Waals surface area contributed by atoms with Crippen LogP contribution in [0.25, 0.3) is 10.9 Å². The van der Waals surface area contributed by atoms with Gasteiger partial charge in [-0.15, -0.1) is 0 Å². The first-order valence-electron chi connectivity index (χ1n) is 5.84. The van der Waals surface area contributed by atoms with Crippen molar-refractivity contribution in [2.75, 3.05) is 0 Å². The molecule has 3 aromatic rings. The zero-order valence-electron chi connectivity index (χ0n) is 10.1. The number of benzene rings is 2. The third kappa shape index (κ3) is 2.05. The molecule has 0 saturated heterocycles. The summed E-state index contributed by atoms with van der Waals surface area (Å²) in [6, 6.07) is 9.73. The van der Waals surface area contributed by atoms with Crippen LogP contribution in [0.2, 0.25) is 5.02 Å². The Bertz CT molecular complexity index is 808. The van der Waals surface area contributed by atoms with Gasteiger partial charge < -0.3 is 4.98 Å². The van der Waals surface area contributed by atoms with Gasteiger partial charge in [-0.2, -0.15) is 0 Å². The molecule has 0 radical (unpaired) electrons. The van der Waals surface area contributed by atoms with Crippen LogP contribution < -0.4 is 0 Å². The maximum absolute atomic E-state index is 13.9. The molecule has 2 nitrogen and oxygen atoms in total. The average molecular weight is 353 g/mol. The van der Waals surface area contributed by atoms with Gasteiger partial charge in [0.05, 0.1) is 10.6 Å². The van der Waals surface area contributed by atoms with E-state index in [4.69, 9.17) is 11.6 Å². The fourth-order valence-corrected chi connectivity index (χ4v) is 3.00. The van der Waals surface area contributed by atoms with Crippen molar-refractivity contribution in [2.45, 2.75) is 0 Å². The molecule has 0 saturated carbocycles. The predicted molar refractivity (Wildman–Crippen MR) is 80.8 cm³/mol. The van der Waals surface area contributed by atoms with Gasteiger partial charge >= 0.3 is 0 Å². The van der Waals surface area contributed by atoms with Crippen molar-refractivity contribution >= 4 is 44.2 Å². The van der Waals surface area contributed by atoms with Gasteiger partial charge in [0, 0.05) is 27.1 Å². The average Bonchev–Trinajstić information content (AvgIpc) is 2.83. The lowest BCUT2D eigenvalue weighted by Crippen LogP contribution is -2.04. The van der Waals surface area contributed by atoms with E-state index >= 15 is 0 Å². The summed E-state index contributed by atoms with van der Waals surface area (Å²) in [5.41, 5.74) is 1.08. The monoisotopic (exact) mass is 351 g/mol. The van der Waals surface area contributed by atoms with E-state index in [0.29, 0.717) is 5.56 Å². The largest absolute Gasteiger partial charge is 0.360 e. The quantitative estimate of drug-likeness (QED) is 0.650. The molecule has 0 amide bonds. The van der Waals surface area contributed by atoms with Gasteiger partial charge in [-0.05, 0) is 24.3 Å². The van der Waals surface area contributed by atoms with Crippen LogP contribution >= 0.6 is 27.5 Å². The molecule has 20 heavy (non-hydrogen) atoms. The minimum absolute atomic E-state index is 0.106. The van der Waals surface area contributed by atoms with E-state index in [2.05, 4.69) is 20.9 Å². The Morgan fingerprint density at radius 3 is 2.70 bits per heavy atom. The second-order valence-electron chi connectivity index (χ2n) is 4.29. The highest BCUT2D eigenvalue weighted by Gasteiger charge is 2.21. The molecule has 3 rings (SSSR count). The number of fused-ring (bicyclic) bond motifs is 1. The van der Waals surface area contributed by atoms with Crippen LogP contribution in [-0.2, 0) is 0 Å². The number of nitrogens with one attached hydrogen (secondary N) is 1. The van der Waals surface area contributed by atoms with E-state index in [0.717, 1.165) is 15.4 Å². The number of ketones is 1. The van der Waals surface area contributed by atoms with Gasteiger partial charge in [0.15, 0.2) is 5.78 Å². The fraction of sp³-hybridized carbons (Fsp3) is 0. The molecule has 0 atom stereocenters. The molecule has 0 spiro atoms. The van der Waals surface area contributed by atoms with Crippen LogP contribution in [0.5, 0.6) is 0 Å². The van der Waals surface area contributed by atoms with Gasteiger partial charge in [0.2, 0.25) is 0 Å². The van der Waals surface area contributed by atoms with Gasteiger partial charge in [-0.3, -0.25) is 4.79 Å². The van der Waals surface area contributed by atoms with Crippen LogP contribution in [0, 0.1) is 5.82 Å². The number of carbonyl (C=O) groups is 1. The number of hydrogen-bond acceptors (Lipinski definition) is 1. The van der Waals surface area contributed by atoms with E-state index in [1.165, 1.54) is 18.2 Å². The van der Waals surface area contributed by atoms with Gasteiger partial charge in [0.25, 0.3) is 0 Å². The van der Waals surface area contributed by atoms with Crippen molar-refractivity contribution in [3.8, 4) is 0 Å². The third-order valence-corrected chi connectivity index (χ3v) is 4.07. The first-order chi connectivity index (χ1) is 9.59. The van der Waals surface area contributed by atoms with Gasteiger partial charge in [-0.1, -0.05) is 39.7 Å². The Morgan fingerprint density at radius 1 is 1.20 bits per heavy atom. The molecule has 0 unspecified atom stereocenters. The van der Waals surface area contributed by atoms with Crippen LogP contribution in [0.3, 0.4) is 0 Å². The lowest BCUT2D eigenvalue weighted by molar-refractivity contribution is 0.103. The van der Waals surface area contributed by atoms with Crippen molar-refractivity contribution in [3.63, 3.8) is 0 Å². The zero-order chi connectivity index (χ0) is 14.3. The number of halogens is 3. The Hall–Kier alpha value is -1.65. The minimum atomic E-state index is -0.621. The van der Waals surface area contributed by atoms with Gasteiger partial charge in [-0.25, -0.2) is 4.39 Å². The molecular formula is C15H8BrClFNO. The van der Waals surface area contributed by atoms with Crippen LogP contribution in [0.1, 0.15) is 15.9 Å². The smallest absolute Gasteiger partial charge is 0.199 e. The Labute approximate surface area is 127 Å². The summed E-state index contributed by atoms with van der Waals surface area (Å²) in [5, 5.41) is 0.827. The lowest BCUT2D eigenvalue weighted by Gasteiger charge is -2.05. The van der Waals surface area contributed by atoms with E-state index in [1.54, 1.807) is 6.20 Å². The second kappa shape index (κ2) is 5.04.